The van der Waals surface area contributed by atoms with Crippen LogP contribution in [0.2, 0.25) is 0 Å². The van der Waals surface area contributed by atoms with Gasteiger partial charge in [-0.25, -0.2) is 9.97 Å². The van der Waals surface area contributed by atoms with E-state index in [1.165, 1.54) is 17.5 Å². The maximum Gasteiger partial charge on any atom is 0.115 e. The second-order valence-corrected chi connectivity index (χ2v) is 3.96. The molecular weight excluding hydrogens is 198 g/mol. The van der Waals surface area contributed by atoms with E-state index in [-0.39, 0.29) is 6.04 Å². The standard InChI is InChI=1S/C13H15N3/c1-9-3-4-11(7-10(9)2)13(14)12-5-6-15-8-16-12/h3-8,13H,14H2,1-2H3. The van der Waals surface area contributed by atoms with Crippen molar-refractivity contribution >= 4 is 0 Å². The van der Waals surface area contributed by atoms with Gasteiger partial charge in [0.1, 0.15) is 6.33 Å². The van der Waals surface area contributed by atoms with Gasteiger partial charge in [0.15, 0.2) is 0 Å². The summed E-state index contributed by atoms with van der Waals surface area (Å²) >= 11 is 0. The van der Waals surface area contributed by atoms with E-state index < -0.39 is 0 Å². The SMILES string of the molecule is Cc1ccc(C(N)c2ccncn2)cc1C. The fourth-order valence-corrected chi connectivity index (χ4v) is 1.61. The second kappa shape index (κ2) is 4.41. The van der Waals surface area contributed by atoms with E-state index >= 15 is 0 Å². The lowest BCUT2D eigenvalue weighted by atomic mass is 9.99. The van der Waals surface area contributed by atoms with Crippen LogP contribution in [0.4, 0.5) is 0 Å². The highest BCUT2D eigenvalue weighted by molar-refractivity contribution is 5.34. The summed E-state index contributed by atoms with van der Waals surface area (Å²) in [5, 5.41) is 0. The van der Waals surface area contributed by atoms with E-state index in [2.05, 4.69) is 42.0 Å². The first-order valence-electron chi connectivity index (χ1n) is 5.27. The number of aryl methyl sites for hydroxylation is 2. The molecule has 0 saturated heterocycles. The highest BCUT2D eigenvalue weighted by Crippen LogP contribution is 2.19. The molecule has 1 aromatic carbocycles. The lowest BCUT2D eigenvalue weighted by Gasteiger charge is -2.12. The third-order valence-corrected chi connectivity index (χ3v) is 2.81. The summed E-state index contributed by atoms with van der Waals surface area (Å²) < 4.78 is 0. The first kappa shape index (κ1) is 10.8. The Kier molecular flexibility index (Phi) is 2.97. The van der Waals surface area contributed by atoms with Crippen LogP contribution in [0.3, 0.4) is 0 Å². The quantitative estimate of drug-likeness (QED) is 0.831. The number of hydrogen-bond donors (Lipinski definition) is 1. The molecule has 2 rings (SSSR count). The van der Waals surface area contributed by atoms with Gasteiger partial charge in [0.2, 0.25) is 0 Å². The average molecular weight is 213 g/mol. The van der Waals surface area contributed by atoms with E-state index in [9.17, 15) is 0 Å². The predicted octanol–water partition coefficient (Wildman–Crippen LogP) is 2.14. The van der Waals surface area contributed by atoms with Crippen molar-refractivity contribution in [2.75, 3.05) is 0 Å². The molecule has 1 unspecified atom stereocenters. The molecule has 2 N–H and O–H groups in total. The van der Waals surface area contributed by atoms with Crippen LogP contribution in [0.1, 0.15) is 28.4 Å². The van der Waals surface area contributed by atoms with Crippen molar-refractivity contribution in [2.45, 2.75) is 19.9 Å². The van der Waals surface area contributed by atoms with Crippen LogP contribution < -0.4 is 5.73 Å². The van der Waals surface area contributed by atoms with Crippen LogP contribution in [0.25, 0.3) is 0 Å². The molecule has 0 spiro atoms. The van der Waals surface area contributed by atoms with E-state index in [1.807, 2.05) is 6.07 Å². The maximum absolute atomic E-state index is 6.14. The van der Waals surface area contributed by atoms with Gasteiger partial charge in [0.25, 0.3) is 0 Å². The normalized spacial score (nSPS) is 12.4. The summed E-state index contributed by atoms with van der Waals surface area (Å²) in [5.74, 6) is 0. The molecule has 16 heavy (non-hydrogen) atoms. The van der Waals surface area contributed by atoms with Crippen LogP contribution in [0, 0.1) is 13.8 Å². The Morgan fingerprint density at radius 2 is 1.94 bits per heavy atom. The summed E-state index contributed by atoms with van der Waals surface area (Å²) in [6.07, 6.45) is 3.24. The molecule has 0 fully saturated rings. The Morgan fingerprint density at radius 1 is 1.12 bits per heavy atom. The molecule has 1 aromatic heterocycles. The highest BCUT2D eigenvalue weighted by atomic mass is 14.8. The third kappa shape index (κ3) is 2.09. The summed E-state index contributed by atoms with van der Waals surface area (Å²) in [6.45, 7) is 4.18. The molecule has 1 heterocycles. The first-order valence-corrected chi connectivity index (χ1v) is 5.27. The molecule has 82 valence electrons. The zero-order valence-corrected chi connectivity index (χ0v) is 9.51. The van der Waals surface area contributed by atoms with Crippen molar-refractivity contribution in [2.24, 2.45) is 5.73 Å². The minimum atomic E-state index is -0.178. The summed E-state index contributed by atoms with van der Waals surface area (Å²) in [5.41, 5.74) is 10.6. The molecule has 0 saturated carbocycles. The van der Waals surface area contributed by atoms with Gasteiger partial charge in [-0.1, -0.05) is 18.2 Å². The summed E-state index contributed by atoms with van der Waals surface area (Å²) in [6, 6.07) is 7.92. The number of nitrogens with zero attached hydrogens (tertiary/aromatic N) is 2. The van der Waals surface area contributed by atoms with Gasteiger partial charge < -0.3 is 5.73 Å². The molecule has 0 bridgehead atoms. The topological polar surface area (TPSA) is 51.8 Å². The first-order chi connectivity index (χ1) is 7.68. The molecule has 0 aliphatic rings. The number of rotatable bonds is 2. The summed E-state index contributed by atoms with van der Waals surface area (Å²) in [7, 11) is 0. The Labute approximate surface area is 95.4 Å². The van der Waals surface area contributed by atoms with Gasteiger partial charge in [-0.2, -0.15) is 0 Å². The van der Waals surface area contributed by atoms with Crippen molar-refractivity contribution in [3.05, 3.63) is 59.2 Å². The number of benzene rings is 1. The van der Waals surface area contributed by atoms with Gasteiger partial charge in [-0.3, -0.25) is 0 Å². The molecule has 2 aromatic rings. The molecule has 1 atom stereocenters. The Hall–Kier alpha value is -1.74. The van der Waals surface area contributed by atoms with Gasteiger partial charge in [-0.15, -0.1) is 0 Å². The largest absolute Gasteiger partial charge is 0.319 e. The van der Waals surface area contributed by atoms with E-state index in [1.54, 1.807) is 6.20 Å². The lowest BCUT2D eigenvalue weighted by molar-refractivity contribution is 0.818. The number of nitrogens with two attached hydrogens (primary N) is 1. The van der Waals surface area contributed by atoms with E-state index in [4.69, 9.17) is 5.73 Å². The molecular formula is C13H15N3. The van der Waals surface area contributed by atoms with Gasteiger partial charge >= 0.3 is 0 Å². The zero-order chi connectivity index (χ0) is 11.5. The summed E-state index contributed by atoms with van der Waals surface area (Å²) in [4.78, 5) is 8.06. The van der Waals surface area contributed by atoms with Crippen molar-refractivity contribution in [1.82, 2.24) is 9.97 Å². The Balaban J connectivity index is 2.34. The molecule has 0 amide bonds. The number of aromatic nitrogens is 2. The van der Waals surface area contributed by atoms with Gasteiger partial charge in [0, 0.05) is 6.20 Å². The lowest BCUT2D eigenvalue weighted by Crippen LogP contribution is -2.13. The smallest absolute Gasteiger partial charge is 0.115 e. The van der Waals surface area contributed by atoms with Gasteiger partial charge in [-0.05, 0) is 36.6 Å². The van der Waals surface area contributed by atoms with Crippen LogP contribution in [0.5, 0.6) is 0 Å². The Bertz CT molecular complexity index is 480. The molecule has 0 aliphatic heterocycles. The van der Waals surface area contributed by atoms with Crippen LogP contribution in [-0.2, 0) is 0 Å². The molecule has 3 heteroatoms. The molecule has 3 nitrogen and oxygen atoms in total. The molecule has 0 radical (unpaired) electrons. The minimum Gasteiger partial charge on any atom is -0.319 e. The minimum absolute atomic E-state index is 0.178. The zero-order valence-electron chi connectivity index (χ0n) is 9.51. The van der Waals surface area contributed by atoms with Gasteiger partial charge in [0.05, 0.1) is 11.7 Å². The van der Waals surface area contributed by atoms with E-state index in [0.717, 1.165) is 11.3 Å². The number of hydrogen-bond acceptors (Lipinski definition) is 3. The highest BCUT2D eigenvalue weighted by Gasteiger charge is 2.10. The van der Waals surface area contributed by atoms with Crippen molar-refractivity contribution in [1.29, 1.82) is 0 Å². The van der Waals surface area contributed by atoms with E-state index in [0.29, 0.717) is 0 Å². The fraction of sp³-hybridized carbons (Fsp3) is 0.231. The van der Waals surface area contributed by atoms with Crippen LogP contribution >= 0.6 is 0 Å². The van der Waals surface area contributed by atoms with Crippen LogP contribution in [-0.4, -0.2) is 9.97 Å². The molecule has 0 aliphatic carbocycles. The second-order valence-electron chi connectivity index (χ2n) is 3.96. The monoisotopic (exact) mass is 213 g/mol. The fourth-order valence-electron chi connectivity index (χ4n) is 1.61. The van der Waals surface area contributed by atoms with Crippen LogP contribution in [0.15, 0.2) is 36.8 Å². The van der Waals surface area contributed by atoms with Crippen molar-refractivity contribution < 1.29 is 0 Å². The Morgan fingerprint density at radius 3 is 2.56 bits per heavy atom. The predicted molar refractivity (Wildman–Crippen MR) is 64.0 cm³/mol. The van der Waals surface area contributed by atoms with Crippen molar-refractivity contribution in [3.63, 3.8) is 0 Å². The third-order valence-electron chi connectivity index (χ3n) is 2.81. The average Bonchev–Trinajstić information content (AvgIpc) is 2.33. The van der Waals surface area contributed by atoms with Crippen molar-refractivity contribution in [3.8, 4) is 0 Å². The maximum atomic E-state index is 6.14.